The van der Waals surface area contributed by atoms with E-state index >= 15 is 0 Å². The molecule has 0 rings (SSSR count). The standard InChI is InChI=1S/C7H13N3/c1-4(2)6(9)7(10)5(3)8/h8,10H,9H2,1-3H3. The minimum absolute atomic E-state index is 0.125. The third-order valence-electron chi connectivity index (χ3n) is 1.18. The zero-order chi connectivity index (χ0) is 8.31. The van der Waals surface area contributed by atoms with Crippen molar-refractivity contribution in [2.24, 2.45) is 5.73 Å². The molecule has 3 nitrogen and oxygen atoms in total. The van der Waals surface area contributed by atoms with Crippen LogP contribution < -0.4 is 5.73 Å². The first kappa shape index (κ1) is 8.88. The van der Waals surface area contributed by atoms with E-state index in [-0.39, 0.29) is 11.4 Å². The molecule has 3 heteroatoms. The van der Waals surface area contributed by atoms with Crippen LogP contribution in [-0.2, 0) is 0 Å². The van der Waals surface area contributed by atoms with Gasteiger partial charge in [-0.25, -0.2) is 0 Å². The first-order valence-corrected chi connectivity index (χ1v) is 3.04. The van der Waals surface area contributed by atoms with Gasteiger partial charge in [-0.15, -0.1) is 0 Å². The maximum Gasteiger partial charge on any atom is 0.0973 e. The van der Waals surface area contributed by atoms with E-state index in [2.05, 4.69) is 0 Å². The average Bonchev–Trinajstić information content (AvgIpc) is 1.84. The van der Waals surface area contributed by atoms with Crippen LogP contribution in [0.4, 0.5) is 0 Å². The largest absolute Gasteiger partial charge is 0.397 e. The molecule has 0 fully saturated rings. The predicted octanol–water partition coefficient (Wildman–Crippen LogP) is 1.30. The molecule has 0 aromatic heterocycles. The Kier molecular flexibility index (Phi) is 2.80. The molecule has 0 aromatic rings. The van der Waals surface area contributed by atoms with E-state index < -0.39 is 0 Å². The second-order valence-corrected chi connectivity index (χ2v) is 2.41. The summed E-state index contributed by atoms with van der Waals surface area (Å²) in [6.07, 6.45) is 0. The van der Waals surface area contributed by atoms with Crippen LogP contribution in [0, 0.1) is 10.8 Å². The Morgan fingerprint density at radius 1 is 1.10 bits per heavy atom. The fraction of sp³-hybridized carbons (Fsp3) is 0.429. The molecule has 0 saturated heterocycles. The minimum atomic E-state index is 0.125. The van der Waals surface area contributed by atoms with Gasteiger partial charge in [0, 0.05) is 0 Å². The molecule has 0 aliphatic rings. The number of nitrogens with one attached hydrogen (secondary N) is 2. The van der Waals surface area contributed by atoms with Crippen LogP contribution in [0.5, 0.6) is 0 Å². The van der Waals surface area contributed by atoms with Crippen LogP contribution in [0.3, 0.4) is 0 Å². The summed E-state index contributed by atoms with van der Waals surface area (Å²) in [6, 6.07) is 0. The first-order chi connectivity index (χ1) is 4.46. The zero-order valence-electron chi connectivity index (χ0n) is 6.58. The molecule has 0 aliphatic heterocycles. The smallest absolute Gasteiger partial charge is 0.0973 e. The van der Waals surface area contributed by atoms with E-state index in [1.54, 1.807) is 6.92 Å². The molecule has 0 amide bonds. The summed E-state index contributed by atoms with van der Waals surface area (Å²) in [5.41, 5.74) is 7.10. The summed E-state index contributed by atoms with van der Waals surface area (Å²) in [7, 11) is 0. The second kappa shape index (κ2) is 3.15. The highest BCUT2D eigenvalue weighted by Crippen LogP contribution is 1.97. The molecule has 0 radical (unpaired) electrons. The lowest BCUT2D eigenvalue weighted by molar-refractivity contribution is 1.27. The highest BCUT2D eigenvalue weighted by Gasteiger charge is 2.02. The number of nitrogens with two attached hydrogens (primary N) is 1. The van der Waals surface area contributed by atoms with E-state index in [0.717, 1.165) is 5.57 Å². The van der Waals surface area contributed by atoms with Gasteiger partial charge in [-0.1, -0.05) is 5.57 Å². The molecule has 4 N–H and O–H groups in total. The Bertz CT molecular complexity index is 197. The lowest BCUT2D eigenvalue weighted by Crippen LogP contribution is -2.18. The molecular formula is C7H13N3. The fourth-order valence-electron chi connectivity index (χ4n) is 0.452. The third-order valence-corrected chi connectivity index (χ3v) is 1.18. The number of hydrogen-bond acceptors (Lipinski definition) is 3. The lowest BCUT2D eigenvalue weighted by Gasteiger charge is -2.02. The Morgan fingerprint density at radius 2 is 1.50 bits per heavy atom. The number of hydrogen-bond donors (Lipinski definition) is 3. The van der Waals surface area contributed by atoms with Crippen LogP contribution in [0.1, 0.15) is 20.8 Å². The van der Waals surface area contributed by atoms with E-state index in [1.165, 1.54) is 0 Å². The highest BCUT2D eigenvalue weighted by molar-refractivity contribution is 6.45. The topological polar surface area (TPSA) is 73.7 Å². The fourth-order valence-corrected chi connectivity index (χ4v) is 0.452. The van der Waals surface area contributed by atoms with E-state index in [1.807, 2.05) is 13.8 Å². The van der Waals surface area contributed by atoms with Crippen molar-refractivity contribution in [3.05, 3.63) is 11.3 Å². The maximum absolute atomic E-state index is 7.27. The third kappa shape index (κ3) is 2.01. The van der Waals surface area contributed by atoms with Gasteiger partial charge in [0.25, 0.3) is 0 Å². The summed E-state index contributed by atoms with van der Waals surface area (Å²) in [4.78, 5) is 0. The Balaban J connectivity index is 4.54. The van der Waals surface area contributed by atoms with E-state index in [0.29, 0.717) is 5.70 Å². The van der Waals surface area contributed by atoms with Gasteiger partial charge >= 0.3 is 0 Å². The van der Waals surface area contributed by atoms with Gasteiger partial charge in [-0.2, -0.15) is 0 Å². The quantitative estimate of drug-likeness (QED) is 0.495. The van der Waals surface area contributed by atoms with Crippen molar-refractivity contribution in [1.82, 2.24) is 0 Å². The van der Waals surface area contributed by atoms with Gasteiger partial charge in [-0.05, 0) is 20.8 Å². The first-order valence-electron chi connectivity index (χ1n) is 3.04. The lowest BCUT2D eigenvalue weighted by atomic mass is 10.1. The van der Waals surface area contributed by atoms with Gasteiger partial charge in [0.2, 0.25) is 0 Å². The van der Waals surface area contributed by atoms with Crippen molar-refractivity contribution < 1.29 is 0 Å². The van der Waals surface area contributed by atoms with Crippen molar-refractivity contribution in [2.45, 2.75) is 20.8 Å². The Morgan fingerprint density at radius 3 is 1.60 bits per heavy atom. The molecule has 0 aromatic carbocycles. The van der Waals surface area contributed by atoms with Crippen LogP contribution in [-0.4, -0.2) is 11.4 Å². The normalized spacial score (nSPS) is 8.70. The Labute approximate surface area is 60.9 Å². The summed E-state index contributed by atoms with van der Waals surface area (Å²) < 4.78 is 0. The SMILES string of the molecule is CC(=N)C(=N)C(N)=C(C)C. The van der Waals surface area contributed by atoms with Crippen molar-refractivity contribution in [3.63, 3.8) is 0 Å². The molecule has 0 saturated carbocycles. The average molecular weight is 139 g/mol. The molecule has 0 aliphatic carbocycles. The summed E-state index contributed by atoms with van der Waals surface area (Å²) >= 11 is 0. The van der Waals surface area contributed by atoms with Crippen molar-refractivity contribution in [3.8, 4) is 0 Å². The highest BCUT2D eigenvalue weighted by atomic mass is 14.7. The van der Waals surface area contributed by atoms with Gasteiger partial charge in [0.15, 0.2) is 0 Å². The summed E-state index contributed by atoms with van der Waals surface area (Å²) in [6.45, 7) is 5.21. The second-order valence-electron chi connectivity index (χ2n) is 2.41. The van der Waals surface area contributed by atoms with Crippen LogP contribution in [0.15, 0.2) is 11.3 Å². The monoisotopic (exact) mass is 139 g/mol. The zero-order valence-corrected chi connectivity index (χ0v) is 6.58. The van der Waals surface area contributed by atoms with Gasteiger partial charge in [-0.3, -0.25) is 5.41 Å². The Hall–Kier alpha value is -1.12. The molecular weight excluding hydrogens is 126 g/mol. The van der Waals surface area contributed by atoms with Crippen LogP contribution in [0.2, 0.25) is 0 Å². The van der Waals surface area contributed by atoms with Crippen molar-refractivity contribution in [2.75, 3.05) is 0 Å². The van der Waals surface area contributed by atoms with Crippen LogP contribution in [0.25, 0.3) is 0 Å². The molecule has 56 valence electrons. The van der Waals surface area contributed by atoms with Gasteiger partial charge in [0.05, 0.1) is 17.1 Å². The van der Waals surface area contributed by atoms with E-state index in [9.17, 15) is 0 Å². The molecule has 0 heterocycles. The molecule has 0 atom stereocenters. The van der Waals surface area contributed by atoms with Crippen molar-refractivity contribution in [1.29, 1.82) is 10.8 Å². The van der Waals surface area contributed by atoms with Gasteiger partial charge in [0.1, 0.15) is 0 Å². The molecule has 0 unspecified atom stereocenters. The maximum atomic E-state index is 7.27. The summed E-state index contributed by atoms with van der Waals surface area (Å²) in [5, 5.41) is 14.4. The molecule has 0 spiro atoms. The number of rotatable bonds is 2. The van der Waals surface area contributed by atoms with Crippen molar-refractivity contribution >= 4 is 11.4 Å². The van der Waals surface area contributed by atoms with E-state index in [4.69, 9.17) is 16.6 Å². The summed E-state index contributed by atoms with van der Waals surface area (Å²) in [5.74, 6) is 0. The van der Waals surface area contributed by atoms with Crippen LogP contribution >= 0.6 is 0 Å². The minimum Gasteiger partial charge on any atom is -0.397 e. The molecule has 10 heavy (non-hydrogen) atoms. The number of allylic oxidation sites excluding steroid dienone is 2. The van der Waals surface area contributed by atoms with Gasteiger partial charge < -0.3 is 11.1 Å². The molecule has 0 bridgehead atoms. The predicted molar refractivity (Wildman–Crippen MR) is 43.7 cm³/mol.